The molecule has 1 N–H and O–H groups in total. The average Bonchev–Trinajstić information content (AvgIpc) is 2.36. The minimum absolute atomic E-state index is 0.325. The van der Waals surface area contributed by atoms with Gasteiger partial charge in [0.1, 0.15) is 11.4 Å². The smallest absolute Gasteiger partial charge is 0.123 e. The standard InChI is InChI=1S/C17H19FO/c1-4-17(19,14-6-5-7-16(18)11-14)15-9-12(2)8-13(3)10-15/h5-11,19H,4H2,1-3H3. The van der Waals surface area contributed by atoms with Crippen molar-refractivity contribution in [2.75, 3.05) is 0 Å². The van der Waals surface area contributed by atoms with E-state index < -0.39 is 5.60 Å². The summed E-state index contributed by atoms with van der Waals surface area (Å²) < 4.78 is 13.4. The van der Waals surface area contributed by atoms with Gasteiger partial charge in [0.25, 0.3) is 0 Å². The van der Waals surface area contributed by atoms with Gasteiger partial charge in [-0.25, -0.2) is 4.39 Å². The van der Waals surface area contributed by atoms with Crippen LogP contribution in [0.25, 0.3) is 0 Å². The van der Waals surface area contributed by atoms with E-state index >= 15 is 0 Å². The van der Waals surface area contributed by atoms with Crippen LogP contribution in [0.2, 0.25) is 0 Å². The van der Waals surface area contributed by atoms with Crippen molar-refractivity contribution in [1.29, 1.82) is 0 Å². The number of aryl methyl sites for hydroxylation is 2. The Kier molecular flexibility index (Phi) is 3.72. The Hall–Kier alpha value is -1.67. The molecular weight excluding hydrogens is 239 g/mol. The van der Waals surface area contributed by atoms with Crippen molar-refractivity contribution < 1.29 is 9.50 Å². The summed E-state index contributed by atoms with van der Waals surface area (Å²) in [6.45, 7) is 5.90. The molecule has 0 radical (unpaired) electrons. The highest BCUT2D eigenvalue weighted by molar-refractivity contribution is 5.40. The Labute approximate surface area is 113 Å². The van der Waals surface area contributed by atoms with Crippen molar-refractivity contribution in [1.82, 2.24) is 0 Å². The van der Waals surface area contributed by atoms with Crippen LogP contribution in [0.4, 0.5) is 4.39 Å². The number of benzene rings is 2. The van der Waals surface area contributed by atoms with Crippen LogP contribution >= 0.6 is 0 Å². The zero-order valence-electron chi connectivity index (χ0n) is 11.6. The van der Waals surface area contributed by atoms with Crippen LogP contribution in [0.1, 0.15) is 35.6 Å². The highest BCUT2D eigenvalue weighted by atomic mass is 19.1. The lowest BCUT2D eigenvalue weighted by atomic mass is 9.83. The predicted molar refractivity (Wildman–Crippen MR) is 75.6 cm³/mol. The first-order chi connectivity index (χ1) is 8.95. The second kappa shape index (κ2) is 5.14. The molecule has 0 spiro atoms. The Balaban J connectivity index is 2.59. The van der Waals surface area contributed by atoms with Crippen LogP contribution in [0.15, 0.2) is 42.5 Å². The average molecular weight is 258 g/mol. The van der Waals surface area contributed by atoms with E-state index in [-0.39, 0.29) is 5.82 Å². The molecule has 1 unspecified atom stereocenters. The van der Waals surface area contributed by atoms with E-state index in [9.17, 15) is 9.50 Å². The number of hydrogen-bond acceptors (Lipinski definition) is 1. The molecule has 2 aromatic carbocycles. The van der Waals surface area contributed by atoms with E-state index in [1.165, 1.54) is 12.1 Å². The zero-order chi connectivity index (χ0) is 14.0. The minimum atomic E-state index is -1.14. The summed E-state index contributed by atoms with van der Waals surface area (Å²) in [5.74, 6) is -0.325. The SMILES string of the molecule is CCC(O)(c1cc(C)cc(C)c1)c1cccc(F)c1. The first-order valence-electron chi connectivity index (χ1n) is 6.53. The first kappa shape index (κ1) is 13.8. The molecule has 0 aliphatic heterocycles. The maximum Gasteiger partial charge on any atom is 0.123 e. The molecule has 19 heavy (non-hydrogen) atoms. The Morgan fingerprint density at radius 3 is 2.16 bits per heavy atom. The van der Waals surface area contributed by atoms with Crippen molar-refractivity contribution in [2.24, 2.45) is 0 Å². The van der Waals surface area contributed by atoms with Crippen molar-refractivity contribution in [2.45, 2.75) is 32.8 Å². The van der Waals surface area contributed by atoms with Crippen LogP contribution in [-0.4, -0.2) is 5.11 Å². The van der Waals surface area contributed by atoms with Gasteiger partial charge in [-0.2, -0.15) is 0 Å². The van der Waals surface area contributed by atoms with Crippen molar-refractivity contribution in [3.05, 3.63) is 70.5 Å². The normalized spacial score (nSPS) is 14.2. The molecule has 0 saturated carbocycles. The van der Waals surface area contributed by atoms with Crippen LogP contribution in [0.5, 0.6) is 0 Å². The summed E-state index contributed by atoms with van der Waals surface area (Å²) in [5, 5.41) is 11.0. The van der Waals surface area contributed by atoms with Crippen LogP contribution < -0.4 is 0 Å². The van der Waals surface area contributed by atoms with Gasteiger partial charge >= 0.3 is 0 Å². The summed E-state index contributed by atoms with van der Waals surface area (Å²) in [4.78, 5) is 0. The van der Waals surface area contributed by atoms with Gasteiger partial charge in [-0.1, -0.05) is 48.4 Å². The van der Waals surface area contributed by atoms with E-state index in [0.29, 0.717) is 12.0 Å². The molecule has 0 heterocycles. The molecule has 2 heteroatoms. The molecule has 100 valence electrons. The molecule has 0 aliphatic rings. The van der Waals surface area contributed by atoms with Gasteiger partial charge in [0, 0.05) is 0 Å². The molecule has 1 nitrogen and oxygen atoms in total. The lowest BCUT2D eigenvalue weighted by molar-refractivity contribution is 0.0761. The van der Waals surface area contributed by atoms with Crippen LogP contribution in [-0.2, 0) is 5.60 Å². The summed E-state index contributed by atoms with van der Waals surface area (Å²) in [5.41, 5.74) is 2.47. The van der Waals surface area contributed by atoms with Gasteiger partial charge in [-0.3, -0.25) is 0 Å². The molecule has 0 saturated heterocycles. The molecule has 2 aromatic rings. The third kappa shape index (κ3) is 2.69. The second-order valence-corrected chi connectivity index (χ2v) is 5.10. The molecule has 0 amide bonds. The van der Waals surface area contributed by atoms with E-state index in [1.54, 1.807) is 12.1 Å². The summed E-state index contributed by atoms with van der Waals surface area (Å²) in [7, 11) is 0. The Morgan fingerprint density at radius 2 is 1.63 bits per heavy atom. The van der Waals surface area contributed by atoms with Crippen molar-refractivity contribution >= 4 is 0 Å². The van der Waals surface area contributed by atoms with E-state index in [1.807, 2.05) is 32.9 Å². The quantitative estimate of drug-likeness (QED) is 0.879. The van der Waals surface area contributed by atoms with Gasteiger partial charge in [0.05, 0.1) is 0 Å². The van der Waals surface area contributed by atoms with Crippen molar-refractivity contribution in [3.8, 4) is 0 Å². The molecule has 0 aromatic heterocycles. The molecule has 0 aliphatic carbocycles. The fourth-order valence-electron chi connectivity index (χ4n) is 2.53. The number of aliphatic hydroxyl groups is 1. The fourth-order valence-corrected chi connectivity index (χ4v) is 2.53. The third-order valence-corrected chi connectivity index (χ3v) is 3.51. The van der Waals surface area contributed by atoms with E-state index in [2.05, 4.69) is 6.07 Å². The first-order valence-corrected chi connectivity index (χ1v) is 6.53. The Bertz CT molecular complexity index is 571. The maximum atomic E-state index is 13.4. The van der Waals surface area contributed by atoms with E-state index in [0.717, 1.165) is 16.7 Å². The van der Waals surface area contributed by atoms with Gasteiger partial charge in [0.15, 0.2) is 0 Å². The molecular formula is C17H19FO. The second-order valence-electron chi connectivity index (χ2n) is 5.10. The van der Waals surface area contributed by atoms with Crippen molar-refractivity contribution in [3.63, 3.8) is 0 Å². The summed E-state index contributed by atoms with van der Waals surface area (Å²) in [6, 6.07) is 12.2. The summed E-state index contributed by atoms with van der Waals surface area (Å²) >= 11 is 0. The number of rotatable bonds is 3. The molecule has 1 atom stereocenters. The van der Waals surface area contributed by atoms with Gasteiger partial charge in [-0.15, -0.1) is 0 Å². The largest absolute Gasteiger partial charge is 0.380 e. The third-order valence-electron chi connectivity index (χ3n) is 3.51. The lowest BCUT2D eigenvalue weighted by Crippen LogP contribution is -2.26. The summed E-state index contributed by atoms with van der Waals surface area (Å²) in [6.07, 6.45) is 0.499. The topological polar surface area (TPSA) is 20.2 Å². The van der Waals surface area contributed by atoms with Crippen LogP contribution in [0.3, 0.4) is 0 Å². The maximum absolute atomic E-state index is 13.4. The number of halogens is 1. The monoisotopic (exact) mass is 258 g/mol. The highest BCUT2D eigenvalue weighted by Gasteiger charge is 2.30. The highest BCUT2D eigenvalue weighted by Crippen LogP contribution is 2.34. The predicted octanol–water partition coefficient (Wildman–Crippen LogP) is 4.09. The van der Waals surface area contributed by atoms with Gasteiger partial charge in [-0.05, 0) is 43.5 Å². The number of hydrogen-bond donors (Lipinski definition) is 1. The van der Waals surface area contributed by atoms with Gasteiger partial charge in [0.2, 0.25) is 0 Å². The molecule has 0 fully saturated rings. The zero-order valence-corrected chi connectivity index (χ0v) is 11.6. The van der Waals surface area contributed by atoms with E-state index in [4.69, 9.17) is 0 Å². The fraction of sp³-hybridized carbons (Fsp3) is 0.294. The minimum Gasteiger partial charge on any atom is -0.380 e. The van der Waals surface area contributed by atoms with Gasteiger partial charge < -0.3 is 5.11 Å². The lowest BCUT2D eigenvalue weighted by Gasteiger charge is -2.29. The Morgan fingerprint density at radius 1 is 1.00 bits per heavy atom. The molecule has 2 rings (SSSR count). The molecule has 0 bridgehead atoms. The van der Waals surface area contributed by atoms with Crippen LogP contribution in [0, 0.1) is 19.7 Å².